The third-order valence-corrected chi connectivity index (χ3v) is 3.25. The summed E-state index contributed by atoms with van der Waals surface area (Å²) in [6.07, 6.45) is 1.25. The van der Waals surface area contributed by atoms with Crippen LogP contribution in [-0.2, 0) is 11.2 Å². The third-order valence-electron chi connectivity index (χ3n) is 3.02. The van der Waals surface area contributed by atoms with Crippen LogP contribution in [0.1, 0.15) is 18.9 Å². The number of hydrogen-bond donors (Lipinski definition) is 2. The van der Waals surface area contributed by atoms with Crippen LogP contribution in [0, 0.1) is 0 Å². The van der Waals surface area contributed by atoms with E-state index in [1.165, 1.54) is 0 Å². The standard InChI is InChI=1S/C14H19ClN2O2/c1-2-5-16-6-7-17-14(18)13-9-10-8-11(15)3-4-12(10)19-13/h3-4,8,13,16H,2,5-7,9H2,1H3,(H,17,18). The lowest BCUT2D eigenvalue weighted by atomic mass is 10.1. The molecule has 0 radical (unpaired) electrons. The molecule has 5 heteroatoms. The van der Waals surface area contributed by atoms with Gasteiger partial charge in [0.1, 0.15) is 5.75 Å². The van der Waals surface area contributed by atoms with Gasteiger partial charge in [-0.05, 0) is 36.7 Å². The van der Waals surface area contributed by atoms with Gasteiger partial charge in [-0.2, -0.15) is 0 Å². The molecular weight excluding hydrogens is 264 g/mol. The smallest absolute Gasteiger partial charge is 0.261 e. The fraction of sp³-hybridized carbons (Fsp3) is 0.500. The molecule has 4 nitrogen and oxygen atoms in total. The number of halogens is 1. The molecule has 1 heterocycles. The molecule has 0 saturated carbocycles. The Morgan fingerprint density at radius 2 is 2.26 bits per heavy atom. The summed E-state index contributed by atoms with van der Waals surface area (Å²) in [4.78, 5) is 11.9. The largest absolute Gasteiger partial charge is 0.480 e. The molecule has 1 aromatic rings. The molecule has 1 aromatic carbocycles. The molecule has 0 bridgehead atoms. The summed E-state index contributed by atoms with van der Waals surface area (Å²) < 4.78 is 5.61. The normalized spacial score (nSPS) is 16.8. The molecule has 0 aromatic heterocycles. The van der Waals surface area contributed by atoms with Crippen molar-refractivity contribution in [3.05, 3.63) is 28.8 Å². The summed E-state index contributed by atoms with van der Waals surface area (Å²) in [7, 11) is 0. The van der Waals surface area contributed by atoms with Gasteiger partial charge < -0.3 is 15.4 Å². The maximum atomic E-state index is 11.9. The minimum Gasteiger partial charge on any atom is -0.480 e. The molecule has 2 rings (SSSR count). The predicted octanol–water partition coefficient (Wildman–Crippen LogP) is 1.76. The second kappa shape index (κ2) is 6.78. The first-order valence-corrected chi connectivity index (χ1v) is 7.02. The summed E-state index contributed by atoms with van der Waals surface area (Å²) in [6.45, 7) is 4.49. The van der Waals surface area contributed by atoms with E-state index < -0.39 is 6.10 Å². The van der Waals surface area contributed by atoms with Gasteiger partial charge in [-0.1, -0.05) is 18.5 Å². The summed E-state index contributed by atoms with van der Waals surface area (Å²) in [5.74, 6) is 0.694. The minimum absolute atomic E-state index is 0.0642. The van der Waals surface area contributed by atoms with E-state index in [2.05, 4.69) is 17.6 Å². The monoisotopic (exact) mass is 282 g/mol. The van der Waals surface area contributed by atoms with E-state index in [4.69, 9.17) is 16.3 Å². The maximum Gasteiger partial charge on any atom is 0.261 e. The maximum absolute atomic E-state index is 11.9. The van der Waals surface area contributed by atoms with Crippen LogP contribution in [0.4, 0.5) is 0 Å². The fourth-order valence-electron chi connectivity index (χ4n) is 2.05. The van der Waals surface area contributed by atoms with Crippen molar-refractivity contribution in [1.29, 1.82) is 0 Å². The van der Waals surface area contributed by atoms with Gasteiger partial charge in [-0.3, -0.25) is 4.79 Å². The van der Waals surface area contributed by atoms with E-state index in [9.17, 15) is 4.79 Å². The topological polar surface area (TPSA) is 50.4 Å². The number of fused-ring (bicyclic) bond motifs is 1. The van der Waals surface area contributed by atoms with Crippen molar-refractivity contribution in [3.63, 3.8) is 0 Å². The quantitative estimate of drug-likeness (QED) is 0.782. The van der Waals surface area contributed by atoms with E-state index in [1.807, 2.05) is 12.1 Å². The zero-order valence-corrected chi connectivity index (χ0v) is 11.8. The zero-order valence-electron chi connectivity index (χ0n) is 11.0. The second-order valence-corrected chi connectivity index (χ2v) is 5.04. The predicted molar refractivity (Wildman–Crippen MR) is 75.7 cm³/mol. The molecule has 1 aliphatic rings. The first kappa shape index (κ1) is 14.2. The number of carbonyl (C=O) groups is 1. The third kappa shape index (κ3) is 3.85. The van der Waals surface area contributed by atoms with Crippen molar-refractivity contribution in [3.8, 4) is 5.75 Å². The first-order chi connectivity index (χ1) is 9.20. The number of rotatable bonds is 6. The van der Waals surface area contributed by atoms with Crippen LogP contribution < -0.4 is 15.4 Å². The van der Waals surface area contributed by atoms with Crippen LogP contribution >= 0.6 is 11.6 Å². The van der Waals surface area contributed by atoms with Crippen molar-refractivity contribution < 1.29 is 9.53 Å². The van der Waals surface area contributed by atoms with Gasteiger partial charge in [-0.25, -0.2) is 0 Å². The highest BCUT2D eigenvalue weighted by atomic mass is 35.5. The number of ether oxygens (including phenoxy) is 1. The zero-order chi connectivity index (χ0) is 13.7. The number of carbonyl (C=O) groups excluding carboxylic acids is 1. The second-order valence-electron chi connectivity index (χ2n) is 4.60. The highest BCUT2D eigenvalue weighted by molar-refractivity contribution is 6.30. The average molecular weight is 283 g/mol. The molecule has 1 amide bonds. The Labute approximate surface area is 118 Å². The van der Waals surface area contributed by atoms with Crippen LogP contribution in [0.25, 0.3) is 0 Å². The number of hydrogen-bond acceptors (Lipinski definition) is 3. The number of benzene rings is 1. The Kier molecular flexibility index (Phi) is 5.05. The minimum atomic E-state index is -0.431. The average Bonchev–Trinajstić information content (AvgIpc) is 2.81. The summed E-state index contributed by atoms with van der Waals surface area (Å²) >= 11 is 5.92. The Bertz CT molecular complexity index is 451. The highest BCUT2D eigenvalue weighted by Crippen LogP contribution is 2.30. The van der Waals surface area contributed by atoms with Gasteiger partial charge in [0.05, 0.1) is 0 Å². The SMILES string of the molecule is CCCNCCNC(=O)C1Cc2cc(Cl)ccc2O1. The summed E-state index contributed by atoms with van der Waals surface area (Å²) in [5, 5.41) is 6.78. The van der Waals surface area contributed by atoms with E-state index in [0.717, 1.165) is 30.8 Å². The first-order valence-electron chi connectivity index (χ1n) is 6.64. The van der Waals surface area contributed by atoms with E-state index in [1.54, 1.807) is 6.07 Å². The molecule has 1 unspecified atom stereocenters. The molecular formula is C14H19ClN2O2. The van der Waals surface area contributed by atoms with Crippen molar-refractivity contribution in [1.82, 2.24) is 10.6 Å². The lowest BCUT2D eigenvalue weighted by Crippen LogP contribution is -2.40. The molecule has 104 valence electrons. The molecule has 0 fully saturated rings. The lowest BCUT2D eigenvalue weighted by molar-refractivity contribution is -0.127. The Morgan fingerprint density at radius 1 is 1.42 bits per heavy atom. The molecule has 2 N–H and O–H groups in total. The molecule has 1 aliphatic heterocycles. The Balaban J connectivity index is 1.77. The molecule has 19 heavy (non-hydrogen) atoms. The Morgan fingerprint density at radius 3 is 3.05 bits per heavy atom. The van der Waals surface area contributed by atoms with Crippen molar-refractivity contribution in [2.24, 2.45) is 0 Å². The lowest BCUT2D eigenvalue weighted by Gasteiger charge is -2.11. The van der Waals surface area contributed by atoms with Crippen LogP contribution in [-0.4, -0.2) is 31.6 Å². The molecule has 0 spiro atoms. The fourth-order valence-corrected chi connectivity index (χ4v) is 2.25. The van der Waals surface area contributed by atoms with Gasteiger partial charge in [0, 0.05) is 24.5 Å². The van der Waals surface area contributed by atoms with Crippen molar-refractivity contribution in [2.45, 2.75) is 25.9 Å². The summed E-state index contributed by atoms with van der Waals surface area (Å²) in [5.41, 5.74) is 0.997. The Hall–Kier alpha value is -1.26. The molecule has 1 atom stereocenters. The summed E-state index contributed by atoms with van der Waals surface area (Å²) in [6, 6.07) is 5.44. The van der Waals surface area contributed by atoms with E-state index in [-0.39, 0.29) is 5.91 Å². The molecule has 0 saturated heterocycles. The van der Waals surface area contributed by atoms with Crippen LogP contribution in [0.15, 0.2) is 18.2 Å². The number of nitrogens with one attached hydrogen (secondary N) is 2. The van der Waals surface area contributed by atoms with Gasteiger partial charge in [-0.15, -0.1) is 0 Å². The van der Waals surface area contributed by atoms with E-state index in [0.29, 0.717) is 18.0 Å². The van der Waals surface area contributed by atoms with E-state index >= 15 is 0 Å². The van der Waals surface area contributed by atoms with Gasteiger partial charge in [0.25, 0.3) is 5.91 Å². The van der Waals surface area contributed by atoms with Crippen LogP contribution in [0.3, 0.4) is 0 Å². The molecule has 0 aliphatic carbocycles. The van der Waals surface area contributed by atoms with Gasteiger partial charge >= 0.3 is 0 Å². The van der Waals surface area contributed by atoms with Crippen LogP contribution in [0.2, 0.25) is 5.02 Å². The number of amides is 1. The van der Waals surface area contributed by atoms with Crippen LogP contribution in [0.5, 0.6) is 5.75 Å². The highest BCUT2D eigenvalue weighted by Gasteiger charge is 2.28. The van der Waals surface area contributed by atoms with Gasteiger partial charge in [0.15, 0.2) is 6.10 Å². The van der Waals surface area contributed by atoms with Crippen molar-refractivity contribution in [2.75, 3.05) is 19.6 Å². The van der Waals surface area contributed by atoms with Gasteiger partial charge in [0.2, 0.25) is 0 Å². The van der Waals surface area contributed by atoms with Crippen molar-refractivity contribution >= 4 is 17.5 Å².